The molecule has 1 atom stereocenters. The van der Waals surface area contributed by atoms with Crippen molar-refractivity contribution in [3.63, 3.8) is 0 Å². The van der Waals surface area contributed by atoms with E-state index in [-0.39, 0.29) is 11.4 Å². The van der Waals surface area contributed by atoms with Crippen LogP contribution in [0.15, 0.2) is 66.0 Å². The molecule has 4 aromatic rings. The van der Waals surface area contributed by atoms with Crippen molar-refractivity contribution in [1.82, 2.24) is 0 Å². The summed E-state index contributed by atoms with van der Waals surface area (Å²) >= 11 is 3.66. The third-order valence-corrected chi connectivity index (χ3v) is 9.54. The van der Waals surface area contributed by atoms with Gasteiger partial charge in [-0.1, -0.05) is 88.1 Å². The van der Waals surface area contributed by atoms with Crippen LogP contribution in [0.4, 0.5) is 0 Å². The van der Waals surface area contributed by atoms with Gasteiger partial charge in [0.25, 0.3) is 11.4 Å². The van der Waals surface area contributed by atoms with Crippen LogP contribution in [0.2, 0.25) is 0 Å². The fourth-order valence-corrected chi connectivity index (χ4v) is 7.38. The standard InChI is InChI=1S/C34H28N4S2/c1-5-7-8-23(6-2)19-30-33(27-15-11-25(12-16-27)18-29(22-36)38-4)40-32-20-31(39-34(30)32)26-13-9-24(10-14-26)17-28(21-35)37-3/h9-18,20,23H,5-8,19H2,1-2H3/b28-17-,29-18+. The Morgan fingerprint density at radius 3 is 1.95 bits per heavy atom. The van der Waals surface area contributed by atoms with Crippen LogP contribution in [0.1, 0.15) is 56.2 Å². The maximum atomic E-state index is 9.10. The number of nitriles is 2. The van der Waals surface area contributed by atoms with Crippen molar-refractivity contribution < 1.29 is 0 Å². The molecule has 40 heavy (non-hydrogen) atoms. The van der Waals surface area contributed by atoms with Crippen LogP contribution < -0.4 is 0 Å². The summed E-state index contributed by atoms with van der Waals surface area (Å²) < 4.78 is 2.63. The molecule has 0 aliphatic heterocycles. The monoisotopic (exact) mass is 556 g/mol. The van der Waals surface area contributed by atoms with Crippen molar-refractivity contribution in [2.45, 2.75) is 46.0 Å². The zero-order valence-electron chi connectivity index (χ0n) is 22.6. The third-order valence-electron chi connectivity index (χ3n) is 6.94. The van der Waals surface area contributed by atoms with Crippen LogP contribution in [-0.4, -0.2) is 0 Å². The first-order valence-electron chi connectivity index (χ1n) is 13.3. The van der Waals surface area contributed by atoms with Gasteiger partial charge in [0.2, 0.25) is 0 Å². The first-order valence-corrected chi connectivity index (χ1v) is 14.9. The van der Waals surface area contributed by atoms with E-state index in [2.05, 4.69) is 53.9 Å². The molecule has 4 nitrogen and oxygen atoms in total. The van der Waals surface area contributed by atoms with Crippen LogP contribution in [0.3, 0.4) is 0 Å². The Hall–Kier alpha value is -4.46. The largest absolute Gasteiger partial charge is 0.262 e. The fourth-order valence-electron chi connectivity index (χ4n) is 4.70. The molecule has 0 saturated heterocycles. The molecule has 0 spiro atoms. The lowest BCUT2D eigenvalue weighted by atomic mass is 9.91. The highest BCUT2D eigenvalue weighted by Gasteiger charge is 2.20. The van der Waals surface area contributed by atoms with Gasteiger partial charge in [0.05, 0.1) is 25.3 Å². The predicted octanol–water partition coefficient (Wildman–Crippen LogP) is 10.6. The molecular formula is C34H28N4S2. The summed E-state index contributed by atoms with van der Waals surface area (Å²) in [6.45, 7) is 18.8. The van der Waals surface area contributed by atoms with Gasteiger partial charge < -0.3 is 0 Å². The lowest BCUT2D eigenvalue weighted by molar-refractivity contribution is 0.451. The molecule has 2 aromatic carbocycles. The number of allylic oxidation sites excluding steroid dienone is 2. The smallest absolute Gasteiger partial charge is 0.227 e. The number of thiophene rings is 2. The van der Waals surface area contributed by atoms with E-state index in [0.717, 1.165) is 35.1 Å². The van der Waals surface area contributed by atoms with E-state index < -0.39 is 0 Å². The van der Waals surface area contributed by atoms with Gasteiger partial charge >= 0.3 is 0 Å². The Kier molecular flexibility index (Phi) is 9.67. The van der Waals surface area contributed by atoms with Crippen molar-refractivity contribution in [3.8, 4) is 33.0 Å². The number of hydrogen-bond donors (Lipinski definition) is 0. The van der Waals surface area contributed by atoms with E-state index in [9.17, 15) is 0 Å². The van der Waals surface area contributed by atoms with Gasteiger partial charge in [0, 0.05) is 19.2 Å². The maximum absolute atomic E-state index is 9.10. The zero-order chi connectivity index (χ0) is 28.5. The normalized spacial score (nSPS) is 12.3. The van der Waals surface area contributed by atoms with Gasteiger partial charge in [-0.2, -0.15) is 0 Å². The number of rotatable bonds is 10. The van der Waals surface area contributed by atoms with Crippen LogP contribution in [0, 0.1) is 41.7 Å². The summed E-state index contributed by atoms with van der Waals surface area (Å²) in [6, 6.07) is 22.3. The van der Waals surface area contributed by atoms with Crippen molar-refractivity contribution in [2.24, 2.45) is 5.92 Å². The van der Waals surface area contributed by atoms with E-state index >= 15 is 0 Å². The summed E-state index contributed by atoms with van der Waals surface area (Å²) in [4.78, 5) is 9.02. The molecule has 0 fully saturated rings. The molecule has 0 aliphatic rings. The molecule has 0 bridgehead atoms. The fraction of sp³-hybridized carbons (Fsp3) is 0.235. The molecule has 1 unspecified atom stereocenters. The van der Waals surface area contributed by atoms with Crippen LogP contribution in [0.25, 0.3) is 52.1 Å². The average Bonchev–Trinajstić information content (AvgIpc) is 3.56. The average molecular weight is 557 g/mol. The van der Waals surface area contributed by atoms with E-state index in [1.54, 1.807) is 12.2 Å². The summed E-state index contributed by atoms with van der Waals surface area (Å²) in [5.41, 5.74) is 5.56. The van der Waals surface area contributed by atoms with E-state index in [0.29, 0.717) is 5.92 Å². The first-order chi connectivity index (χ1) is 19.5. The summed E-state index contributed by atoms with van der Waals surface area (Å²) in [5.74, 6) is 0.629. The minimum Gasteiger partial charge on any atom is -0.227 e. The summed E-state index contributed by atoms with van der Waals surface area (Å²) in [6.07, 6.45) is 9.09. The lowest BCUT2D eigenvalue weighted by Gasteiger charge is -2.15. The molecule has 2 heterocycles. The van der Waals surface area contributed by atoms with Crippen LogP contribution >= 0.6 is 22.7 Å². The minimum absolute atomic E-state index is 0.0797. The number of nitrogens with zero attached hydrogens (tertiary/aromatic N) is 4. The predicted molar refractivity (Wildman–Crippen MR) is 168 cm³/mol. The third kappa shape index (κ3) is 6.57. The first kappa shape index (κ1) is 28.5. The molecule has 0 radical (unpaired) electrons. The van der Waals surface area contributed by atoms with Crippen molar-refractivity contribution >= 4 is 44.2 Å². The molecule has 0 N–H and O–H groups in total. The second kappa shape index (κ2) is 13.6. The van der Waals surface area contributed by atoms with Gasteiger partial charge in [0.1, 0.15) is 0 Å². The van der Waals surface area contributed by atoms with Gasteiger partial charge in [-0.25, -0.2) is 20.2 Å². The van der Waals surface area contributed by atoms with Gasteiger partial charge in [-0.15, -0.1) is 22.7 Å². The second-order valence-electron chi connectivity index (χ2n) is 9.58. The maximum Gasteiger partial charge on any atom is 0.262 e. The van der Waals surface area contributed by atoms with E-state index in [1.165, 1.54) is 44.0 Å². The second-order valence-corrected chi connectivity index (χ2v) is 11.7. The summed E-state index contributed by atoms with van der Waals surface area (Å²) in [5, 5.41) is 18.2. The molecule has 0 amide bonds. The van der Waals surface area contributed by atoms with E-state index in [4.69, 9.17) is 23.7 Å². The Labute approximate surface area is 244 Å². The van der Waals surface area contributed by atoms with Crippen molar-refractivity contribution in [2.75, 3.05) is 0 Å². The summed E-state index contributed by atoms with van der Waals surface area (Å²) in [7, 11) is 0. The highest BCUT2D eigenvalue weighted by Crippen LogP contribution is 2.46. The molecular weight excluding hydrogens is 529 g/mol. The van der Waals surface area contributed by atoms with Crippen LogP contribution in [0.5, 0.6) is 0 Å². The number of fused-ring (bicyclic) bond motifs is 1. The molecule has 0 saturated carbocycles. The Bertz CT molecular complexity index is 1690. The molecule has 6 heteroatoms. The highest BCUT2D eigenvalue weighted by molar-refractivity contribution is 7.31. The van der Waals surface area contributed by atoms with E-state index in [1.807, 2.05) is 59.1 Å². The topological polar surface area (TPSA) is 56.3 Å². The Morgan fingerprint density at radius 1 is 0.875 bits per heavy atom. The van der Waals surface area contributed by atoms with Crippen molar-refractivity contribution in [1.29, 1.82) is 10.5 Å². The Morgan fingerprint density at radius 2 is 1.45 bits per heavy atom. The van der Waals surface area contributed by atoms with Crippen molar-refractivity contribution in [3.05, 3.63) is 106 Å². The van der Waals surface area contributed by atoms with Gasteiger partial charge in [0.15, 0.2) is 0 Å². The van der Waals surface area contributed by atoms with Crippen LogP contribution in [-0.2, 0) is 6.42 Å². The Balaban J connectivity index is 1.74. The minimum atomic E-state index is 0.0797. The lowest BCUT2D eigenvalue weighted by Crippen LogP contribution is -2.03. The number of benzene rings is 2. The van der Waals surface area contributed by atoms with Gasteiger partial charge in [-0.3, -0.25) is 0 Å². The number of unbranched alkanes of at least 4 members (excludes halogenated alkanes) is 1. The SMILES string of the molecule is [C-]#[N+]/C(C#N)=C\c1ccc(-c2cc3sc(-c4ccc(/C=C(\C#N)[N+]#[C-])cc4)c(CC(CC)CCCC)c3s2)cc1. The molecule has 196 valence electrons. The molecule has 0 aliphatic carbocycles. The number of hydrogen-bond acceptors (Lipinski definition) is 4. The highest BCUT2D eigenvalue weighted by atomic mass is 32.1. The van der Waals surface area contributed by atoms with Gasteiger partial charge in [-0.05, 0) is 58.4 Å². The quantitative estimate of drug-likeness (QED) is 0.144. The zero-order valence-corrected chi connectivity index (χ0v) is 24.2. The molecule has 4 rings (SSSR count). The molecule has 2 aromatic heterocycles.